The molecule has 2 aromatic rings. The van der Waals surface area contributed by atoms with Crippen LogP contribution in [0.25, 0.3) is 0 Å². The molecule has 4 rings (SSSR count). The fourth-order valence-electron chi connectivity index (χ4n) is 5.00. The van der Waals surface area contributed by atoms with Gasteiger partial charge in [-0.1, -0.05) is 30.3 Å². The number of aliphatic hydroxyl groups is 1. The van der Waals surface area contributed by atoms with Gasteiger partial charge in [0, 0.05) is 26.4 Å². The van der Waals surface area contributed by atoms with E-state index >= 15 is 0 Å². The molecule has 6 heteroatoms. The Kier molecular flexibility index (Phi) is 6.54. The van der Waals surface area contributed by atoms with Crippen LogP contribution < -0.4 is 0 Å². The first kappa shape index (κ1) is 21.1. The Bertz CT molecular complexity index is 827. The Morgan fingerprint density at radius 2 is 2.03 bits per heavy atom. The molecule has 1 saturated heterocycles. The molecular formula is C24H33N3O3. The maximum Gasteiger partial charge on any atom is 0.257 e. The summed E-state index contributed by atoms with van der Waals surface area (Å²) in [5.41, 5.74) is 2.26. The van der Waals surface area contributed by atoms with E-state index in [1.54, 1.807) is 24.2 Å². The highest BCUT2D eigenvalue weighted by atomic mass is 16.5. The highest BCUT2D eigenvalue weighted by molar-refractivity contribution is 5.93. The van der Waals surface area contributed by atoms with Crippen molar-refractivity contribution in [2.24, 2.45) is 11.3 Å². The monoisotopic (exact) mass is 411 g/mol. The molecule has 2 atom stereocenters. The van der Waals surface area contributed by atoms with Crippen molar-refractivity contribution in [1.82, 2.24) is 14.7 Å². The van der Waals surface area contributed by atoms with Crippen LogP contribution in [0.5, 0.6) is 0 Å². The van der Waals surface area contributed by atoms with Gasteiger partial charge in [-0.25, -0.2) is 0 Å². The van der Waals surface area contributed by atoms with Gasteiger partial charge in [-0.3, -0.25) is 9.48 Å². The van der Waals surface area contributed by atoms with Crippen LogP contribution in [0.2, 0.25) is 0 Å². The van der Waals surface area contributed by atoms with Crippen LogP contribution in [0.15, 0.2) is 42.7 Å². The van der Waals surface area contributed by atoms with Crippen molar-refractivity contribution in [1.29, 1.82) is 0 Å². The van der Waals surface area contributed by atoms with Crippen LogP contribution in [0.3, 0.4) is 0 Å². The highest BCUT2D eigenvalue weighted by Gasteiger charge is 2.42. The third kappa shape index (κ3) is 4.76. The number of aliphatic hydroxyl groups excluding tert-OH is 1. The Labute approximate surface area is 178 Å². The van der Waals surface area contributed by atoms with E-state index < -0.39 is 0 Å². The average molecular weight is 412 g/mol. The zero-order valence-electron chi connectivity index (χ0n) is 17.9. The number of benzene rings is 1. The van der Waals surface area contributed by atoms with Crippen molar-refractivity contribution in [3.05, 3.63) is 53.9 Å². The van der Waals surface area contributed by atoms with Crippen molar-refractivity contribution < 1.29 is 14.6 Å². The molecule has 1 saturated carbocycles. The zero-order chi connectivity index (χ0) is 21.0. The molecule has 2 aliphatic rings. The first-order valence-corrected chi connectivity index (χ1v) is 11.1. The van der Waals surface area contributed by atoms with Gasteiger partial charge < -0.3 is 14.7 Å². The predicted octanol–water partition coefficient (Wildman–Crippen LogP) is 3.33. The first-order valence-electron chi connectivity index (χ1n) is 11.1. The number of carbonyl (C=O) groups is 1. The fraction of sp³-hybridized carbons (Fsp3) is 0.583. The number of hydrogen-bond donors (Lipinski definition) is 1. The molecule has 6 nitrogen and oxygen atoms in total. The molecule has 2 fully saturated rings. The summed E-state index contributed by atoms with van der Waals surface area (Å²) in [6.07, 6.45) is 9.02. The molecule has 1 aliphatic carbocycles. The molecule has 0 spiro atoms. The fourth-order valence-corrected chi connectivity index (χ4v) is 5.00. The second-order valence-corrected chi connectivity index (χ2v) is 8.99. The van der Waals surface area contributed by atoms with E-state index in [1.165, 1.54) is 24.8 Å². The van der Waals surface area contributed by atoms with E-state index in [2.05, 4.69) is 35.4 Å². The highest BCUT2D eigenvalue weighted by Crippen LogP contribution is 2.52. The van der Waals surface area contributed by atoms with Gasteiger partial charge in [0.25, 0.3) is 5.91 Å². The van der Waals surface area contributed by atoms with Gasteiger partial charge in [-0.2, -0.15) is 5.10 Å². The summed E-state index contributed by atoms with van der Waals surface area (Å²) in [5, 5.41) is 13.2. The summed E-state index contributed by atoms with van der Waals surface area (Å²) in [4.78, 5) is 14.8. The minimum absolute atomic E-state index is 0.0185. The summed E-state index contributed by atoms with van der Waals surface area (Å²) in [6, 6.07) is 10.9. The lowest BCUT2D eigenvalue weighted by Gasteiger charge is -2.41. The predicted molar refractivity (Wildman–Crippen MR) is 115 cm³/mol. The second kappa shape index (κ2) is 9.31. The Morgan fingerprint density at radius 1 is 1.27 bits per heavy atom. The molecule has 1 N–H and O–H groups in total. The zero-order valence-corrected chi connectivity index (χ0v) is 17.9. The van der Waals surface area contributed by atoms with Crippen LogP contribution in [-0.2, 0) is 11.3 Å². The summed E-state index contributed by atoms with van der Waals surface area (Å²) in [7, 11) is 1.79. The number of rotatable bonds is 9. The standard InChI is InChI=1S/C24H33N3O3/c1-30-18-24(8-7-20-15-22(20)19-5-3-2-4-6-19)9-11-26(12-10-24)23(29)21-16-25-27(17-21)13-14-28/h2-6,16-17,20,22,28H,7-15,18H2,1H3/t20-,22?/m1/s1. The number of nitrogens with zero attached hydrogens (tertiary/aromatic N) is 3. The molecular weight excluding hydrogens is 378 g/mol. The molecule has 1 amide bonds. The first-order chi connectivity index (χ1) is 14.6. The number of hydrogen-bond acceptors (Lipinski definition) is 4. The lowest BCUT2D eigenvalue weighted by Crippen LogP contribution is -2.45. The molecule has 162 valence electrons. The van der Waals surface area contributed by atoms with Crippen molar-refractivity contribution in [3.63, 3.8) is 0 Å². The molecule has 2 heterocycles. The number of aromatic nitrogens is 2. The normalized spacial score (nSPS) is 22.8. The molecule has 1 aromatic carbocycles. The molecule has 1 unspecified atom stereocenters. The maximum absolute atomic E-state index is 12.8. The third-order valence-corrected chi connectivity index (χ3v) is 6.97. The summed E-state index contributed by atoms with van der Waals surface area (Å²) < 4.78 is 7.24. The number of ether oxygens (including phenoxy) is 1. The van der Waals surface area contributed by atoms with Gasteiger partial charge in [0.05, 0.1) is 31.5 Å². The van der Waals surface area contributed by atoms with E-state index in [9.17, 15) is 4.79 Å². The van der Waals surface area contributed by atoms with Gasteiger partial charge in [-0.05, 0) is 54.9 Å². The molecule has 30 heavy (non-hydrogen) atoms. The van der Waals surface area contributed by atoms with E-state index in [-0.39, 0.29) is 17.9 Å². The van der Waals surface area contributed by atoms with E-state index in [4.69, 9.17) is 9.84 Å². The van der Waals surface area contributed by atoms with E-state index in [0.29, 0.717) is 12.1 Å². The molecule has 0 radical (unpaired) electrons. The average Bonchev–Trinajstić information content (AvgIpc) is 3.42. The lowest BCUT2D eigenvalue weighted by molar-refractivity contribution is 0.0133. The SMILES string of the molecule is COCC1(CC[C@@H]2CC2c2ccccc2)CCN(C(=O)c2cnn(CCO)c2)CC1. The minimum Gasteiger partial charge on any atom is -0.394 e. The number of likely N-dealkylation sites (tertiary alicyclic amines) is 1. The Morgan fingerprint density at radius 3 is 2.73 bits per heavy atom. The number of amides is 1. The maximum atomic E-state index is 12.8. The quantitative estimate of drug-likeness (QED) is 0.687. The van der Waals surface area contributed by atoms with Gasteiger partial charge in [0.15, 0.2) is 0 Å². The van der Waals surface area contributed by atoms with Gasteiger partial charge in [0.1, 0.15) is 0 Å². The smallest absolute Gasteiger partial charge is 0.257 e. The molecule has 1 aromatic heterocycles. The molecule has 1 aliphatic heterocycles. The van der Waals surface area contributed by atoms with Gasteiger partial charge in [0.2, 0.25) is 0 Å². The van der Waals surface area contributed by atoms with Gasteiger partial charge in [-0.15, -0.1) is 0 Å². The van der Waals surface area contributed by atoms with Crippen molar-refractivity contribution in [3.8, 4) is 0 Å². The van der Waals surface area contributed by atoms with Crippen molar-refractivity contribution >= 4 is 5.91 Å². The van der Waals surface area contributed by atoms with Crippen LogP contribution in [0.4, 0.5) is 0 Å². The third-order valence-electron chi connectivity index (χ3n) is 6.97. The Hall–Kier alpha value is -2.18. The van der Waals surface area contributed by atoms with Gasteiger partial charge >= 0.3 is 0 Å². The van der Waals surface area contributed by atoms with E-state index in [0.717, 1.165) is 44.4 Å². The largest absolute Gasteiger partial charge is 0.394 e. The van der Waals surface area contributed by atoms with Crippen molar-refractivity contribution in [2.45, 2.75) is 44.6 Å². The minimum atomic E-state index is 0.0185. The summed E-state index contributed by atoms with van der Waals surface area (Å²) >= 11 is 0. The summed E-state index contributed by atoms with van der Waals surface area (Å²) in [6.45, 7) is 2.73. The lowest BCUT2D eigenvalue weighted by atomic mass is 9.74. The van der Waals surface area contributed by atoms with E-state index in [1.807, 2.05) is 4.90 Å². The Balaban J connectivity index is 1.30. The van der Waals surface area contributed by atoms with Crippen LogP contribution in [-0.4, -0.2) is 59.1 Å². The number of methoxy groups -OCH3 is 1. The topological polar surface area (TPSA) is 67.6 Å². The number of carbonyl (C=O) groups excluding carboxylic acids is 1. The molecule has 0 bridgehead atoms. The second-order valence-electron chi connectivity index (χ2n) is 8.99. The van der Waals surface area contributed by atoms with Crippen LogP contribution >= 0.6 is 0 Å². The van der Waals surface area contributed by atoms with Crippen LogP contribution in [0, 0.1) is 11.3 Å². The summed E-state index contributed by atoms with van der Waals surface area (Å²) in [5.74, 6) is 1.55. The van der Waals surface area contributed by atoms with Crippen molar-refractivity contribution in [2.75, 3.05) is 33.4 Å². The number of piperidine rings is 1. The van der Waals surface area contributed by atoms with Crippen LogP contribution in [0.1, 0.15) is 53.9 Å².